The molecule has 0 heterocycles. The van der Waals surface area contributed by atoms with Crippen molar-refractivity contribution in [3.05, 3.63) is 0 Å². The molecule has 0 bridgehead atoms. The molecule has 10 heteroatoms. The molecule has 0 radical (unpaired) electrons. The topological polar surface area (TPSA) is 40.2 Å². The molecule has 28 heavy (non-hydrogen) atoms. The molecule has 0 saturated carbocycles. The van der Waals surface area contributed by atoms with Gasteiger partial charge in [0.15, 0.2) is 16.6 Å². The highest BCUT2D eigenvalue weighted by molar-refractivity contribution is 6.89. The van der Waals surface area contributed by atoms with Crippen molar-refractivity contribution < 1.29 is 17.4 Å². The molecule has 0 aliphatic rings. The third kappa shape index (κ3) is 10.3. The Labute approximate surface area is 181 Å². The summed E-state index contributed by atoms with van der Waals surface area (Å²) in [5, 5.41) is 0. The van der Waals surface area contributed by atoms with Crippen molar-refractivity contribution in [1.29, 1.82) is 0 Å². The normalized spacial score (nSPS) is 14.8. The van der Waals surface area contributed by atoms with E-state index in [1.807, 2.05) is 0 Å². The predicted molar refractivity (Wildman–Crippen MR) is 135 cm³/mol. The van der Waals surface area contributed by atoms with E-state index in [2.05, 4.69) is 69.7 Å². The Kier molecular flexibility index (Phi) is 11.3. The Balaban J connectivity index is 4.81. The van der Waals surface area contributed by atoms with Gasteiger partial charge < -0.3 is 21.6 Å². The lowest BCUT2D eigenvalue weighted by Crippen LogP contribution is -2.59. The van der Waals surface area contributed by atoms with Gasteiger partial charge in [0.2, 0.25) is 0 Å². The van der Waals surface area contributed by atoms with Crippen LogP contribution in [0, 0.1) is 0 Å². The van der Waals surface area contributed by atoms with Crippen molar-refractivity contribution >= 4 is 41.9 Å². The van der Waals surface area contributed by atoms with E-state index < -0.39 is 41.9 Å². The Bertz CT molecular complexity index is 438. The highest BCUT2D eigenvalue weighted by Crippen LogP contribution is 2.28. The van der Waals surface area contributed by atoms with E-state index in [-0.39, 0.29) is 0 Å². The van der Waals surface area contributed by atoms with Gasteiger partial charge in [-0.3, -0.25) is 0 Å². The zero-order valence-corrected chi connectivity index (χ0v) is 26.1. The average Bonchev–Trinajstić information content (AvgIpc) is 2.50. The van der Waals surface area contributed by atoms with Crippen LogP contribution in [0.15, 0.2) is 0 Å². The van der Waals surface area contributed by atoms with Crippen LogP contribution in [-0.2, 0) is 17.4 Å². The zero-order valence-electron chi connectivity index (χ0n) is 21.1. The van der Waals surface area contributed by atoms with Gasteiger partial charge in [-0.15, -0.1) is 0 Å². The largest absolute Gasteiger partial charge is 0.499 e. The van der Waals surface area contributed by atoms with Crippen molar-refractivity contribution in [2.45, 2.75) is 90.0 Å². The molecule has 0 aliphatic carbocycles. The summed E-state index contributed by atoms with van der Waals surface area (Å²) in [4.78, 5) is 0. The van der Waals surface area contributed by atoms with Gasteiger partial charge in [0.1, 0.15) is 16.5 Å². The Hall–Kier alpha value is 0.884. The van der Waals surface area contributed by atoms with Gasteiger partial charge in [-0.05, 0) is 51.2 Å². The maximum Gasteiger partial charge on any atom is 0.499 e. The molecule has 0 aromatic rings. The highest BCUT2D eigenvalue weighted by Gasteiger charge is 2.42. The molecule has 0 saturated heterocycles. The Morgan fingerprint density at radius 3 is 1.32 bits per heavy atom. The monoisotopic (exact) mass is 483 g/mol. The SMILES string of the molecule is CO[Si](CC[Si](C)(C)O[Si](C)(C)CCCN([Si](C)(C)C)[Si](C)(C)C)(OC)OC. The van der Waals surface area contributed by atoms with Crippen molar-refractivity contribution in [3.63, 3.8) is 0 Å². The van der Waals surface area contributed by atoms with E-state index in [1.54, 1.807) is 21.3 Å². The van der Waals surface area contributed by atoms with Crippen molar-refractivity contribution in [2.75, 3.05) is 27.9 Å². The van der Waals surface area contributed by atoms with Crippen molar-refractivity contribution in [2.24, 2.45) is 0 Å². The minimum absolute atomic E-state index is 0.833. The fraction of sp³-hybridized carbons (Fsp3) is 1.00. The minimum atomic E-state index is -2.51. The molecule has 0 atom stereocenters. The predicted octanol–water partition coefficient (Wildman–Crippen LogP) is 5.65. The number of hydrogen-bond acceptors (Lipinski definition) is 5. The first-order valence-corrected chi connectivity index (χ1v) is 25.6. The van der Waals surface area contributed by atoms with Crippen LogP contribution in [0.2, 0.25) is 83.6 Å². The van der Waals surface area contributed by atoms with Gasteiger partial charge in [-0.2, -0.15) is 0 Å². The minimum Gasteiger partial charge on any atom is -0.456 e. The zero-order chi connectivity index (χ0) is 22.4. The molecule has 0 spiro atoms. The van der Waals surface area contributed by atoms with Gasteiger partial charge in [0.05, 0.1) is 0 Å². The van der Waals surface area contributed by atoms with Crippen LogP contribution in [-0.4, -0.2) is 74.0 Å². The van der Waals surface area contributed by atoms with Crippen LogP contribution in [0.5, 0.6) is 0 Å². The summed E-state index contributed by atoms with van der Waals surface area (Å²) in [6, 6.07) is 3.08. The molecular weight excluding hydrogens is 435 g/mol. The lowest BCUT2D eigenvalue weighted by atomic mass is 10.5. The molecule has 0 rings (SSSR count). The lowest BCUT2D eigenvalue weighted by Gasteiger charge is -2.44. The summed E-state index contributed by atoms with van der Waals surface area (Å²) >= 11 is 0. The molecule has 5 nitrogen and oxygen atoms in total. The second kappa shape index (κ2) is 11.0. The molecule has 0 aromatic carbocycles. The molecule has 0 aromatic heterocycles. The van der Waals surface area contributed by atoms with E-state index in [0.29, 0.717) is 0 Å². The van der Waals surface area contributed by atoms with Crippen molar-refractivity contribution in [3.8, 4) is 0 Å². The second-order valence-electron chi connectivity index (χ2n) is 11.0. The summed E-state index contributed by atoms with van der Waals surface area (Å²) < 4.78 is 26.5. The number of hydrogen-bond donors (Lipinski definition) is 0. The fourth-order valence-electron chi connectivity index (χ4n) is 4.20. The molecule has 0 amide bonds. The molecule has 0 aliphatic heterocycles. The lowest BCUT2D eigenvalue weighted by molar-refractivity contribution is 0.125. The first kappa shape index (κ1) is 28.9. The van der Waals surface area contributed by atoms with Gasteiger partial charge >= 0.3 is 8.80 Å². The van der Waals surface area contributed by atoms with Crippen LogP contribution in [0.25, 0.3) is 0 Å². The van der Waals surface area contributed by atoms with E-state index in [1.165, 1.54) is 19.0 Å². The van der Waals surface area contributed by atoms with Gasteiger partial charge in [-0.25, -0.2) is 0 Å². The van der Waals surface area contributed by atoms with Gasteiger partial charge in [-0.1, -0.05) is 39.3 Å². The molecule has 170 valence electrons. The van der Waals surface area contributed by atoms with E-state index >= 15 is 0 Å². The first-order chi connectivity index (χ1) is 12.4. The van der Waals surface area contributed by atoms with Crippen LogP contribution in [0.3, 0.4) is 0 Å². The first-order valence-electron chi connectivity index (χ1n) is 10.6. The summed E-state index contributed by atoms with van der Waals surface area (Å²) in [6.07, 6.45) is 1.26. The third-order valence-corrected chi connectivity index (χ3v) is 23.7. The van der Waals surface area contributed by atoms with Crippen LogP contribution in [0.4, 0.5) is 0 Å². The number of nitrogens with zero attached hydrogens (tertiary/aromatic N) is 1. The molecule has 0 fully saturated rings. The third-order valence-electron chi connectivity index (χ3n) is 5.30. The standard InChI is InChI=1S/C18H49NO4Si5/c1-20-28(21-2,22-3)18-17-27(12,13)23-26(10,11)16-14-15-19(24(4,5)6)25(7,8)9/h14-18H2,1-13H3. The van der Waals surface area contributed by atoms with Crippen LogP contribution in [0.1, 0.15) is 6.42 Å². The van der Waals surface area contributed by atoms with Crippen molar-refractivity contribution in [1.82, 2.24) is 4.23 Å². The number of rotatable bonds is 14. The van der Waals surface area contributed by atoms with Crippen LogP contribution >= 0.6 is 0 Å². The van der Waals surface area contributed by atoms with E-state index in [4.69, 9.17) is 17.4 Å². The molecule has 0 unspecified atom stereocenters. The highest BCUT2D eigenvalue weighted by atomic mass is 28.4. The Morgan fingerprint density at radius 1 is 0.571 bits per heavy atom. The molecular formula is C18H49NO4Si5. The smallest absolute Gasteiger partial charge is 0.456 e. The average molecular weight is 484 g/mol. The van der Waals surface area contributed by atoms with E-state index in [9.17, 15) is 0 Å². The fourth-order valence-corrected chi connectivity index (χ4v) is 26.5. The maximum atomic E-state index is 6.84. The summed E-state index contributed by atoms with van der Waals surface area (Å²) in [5.41, 5.74) is 0. The van der Waals surface area contributed by atoms with Gasteiger partial charge in [0.25, 0.3) is 0 Å². The van der Waals surface area contributed by atoms with Crippen LogP contribution < -0.4 is 0 Å². The summed E-state index contributed by atoms with van der Waals surface area (Å²) in [7, 11) is -3.46. The summed E-state index contributed by atoms with van der Waals surface area (Å²) in [5.74, 6) is 0. The Morgan fingerprint density at radius 2 is 0.964 bits per heavy atom. The van der Waals surface area contributed by atoms with Gasteiger partial charge in [0, 0.05) is 27.4 Å². The maximum absolute atomic E-state index is 6.84. The second-order valence-corrected chi connectivity index (χ2v) is 33.2. The van der Waals surface area contributed by atoms with E-state index in [0.717, 1.165) is 12.1 Å². The quantitative estimate of drug-likeness (QED) is 0.298. The molecule has 0 N–H and O–H groups in total. The summed E-state index contributed by atoms with van der Waals surface area (Å²) in [6.45, 7) is 25.6.